The molecule has 0 amide bonds. The SMILES string of the molecule is Cc1ccc(NC=C(C#N)C#N)c(F)c1F. The summed E-state index contributed by atoms with van der Waals surface area (Å²) in [6.45, 7) is 1.44. The fourth-order valence-electron chi connectivity index (χ4n) is 0.997. The zero-order chi connectivity index (χ0) is 12.1. The van der Waals surface area contributed by atoms with Crippen molar-refractivity contribution in [1.29, 1.82) is 10.5 Å². The van der Waals surface area contributed by atoms with Gasteiger partial charge in [0.1, 0.15) is 17.7 Å². The first-order valence-electron chi connectivity index (χ1n) is 4.31. The van der Waals surface area contributed by atoms with Gasteiger partial charge in [-0.2, -0.15) is 10.5 Å². The van der Waals surface area contributed by atoms with Gasteiger partial charge in [0.25, 0.3) is 0 Å². The number of nitriles is 2. The zero-order valence-corrected chi connectivity index (χ0v) is 8.38. The molecule has 3 nitrogen and oxygen atoms in total. The molecule has 0 aromatic heterocycles. The number of aryl methyl sites for hydroxylation is 1. The molecular formula is C11H7F2N3. The van der Waals surface area contributed by atoms with Crippen LogP contribution in [0.15, 0.2) is 23.9 Å². The van der Waals surface area contributed by atoms with E-state index in [1.165, 1.54) is 19.1 Å². The van der Waals surface area contributed by atoms with Gasteiger partial charge in [0.05, 0.1) is 5.69 Å². The van der Waals surface area contributed by atoms with E-state index in [1.54, 1.807) is 12.1 Å². The molecule has 0 saturated heterocycles. The second-order valence-electron chi connectivity index (χ2n) is 2.98. The van der Waals surface area contributed by atoms with Gasteiger partial charge in [0, 0.05) is 6.20 Å². The molecule has 0 radical (unpaired) electrons. The van der Waals surface area contributed by atoms with E-state index in [1.807, 2.05) is 0 Å². The molecule has 0 heterocycles. The summed E-state index contributed by atoms with van der Waals surface area (Å²) in [5, 5.41) is 19.2. The molecule has 1 N–H and O–H groups in total. The Morgan fingerprint density at radius 1 is 1.25 bits per heavy atom. The van der Waals surface area contributed by atoms with E-state index in [9.17, 15) is 8.78 Å². The topological polar surface area (TPSA) is 59.6 Å². The molecule has 80 valence electrons. The summed E-state index contributed by atoms with van der Waals surface area (Å²) in [5.74, 6) is -1.99. The monoisotopic (exact) mass is 219 g/mol. The summed E-state index contributed by atoms with van der Waals surface area (Å²) in [6.07, 6.45) is 1.02. The van der Waals surface area contributed by atoms with Crippen molar-refractivity contribution in [1.82, 2.24) is 0 Å². The number of benzene rings is 1. The second kappa shape index (κ2) is 4.90. The summed E-state index contributed by atoms with van der Waals surface area (Å²) in [7, 11) is 0. The molecule has 0 saturated carbocycles. The molecule has 0 unspecified atom stereocenters. The van der Waals surface area contributed by atoms with E-state index in [-0.39, 0.29) is 16.8 Å². The van der Waals surface area contributed by atoms with Crippen LogP contribution in [-0.2, 0) is 0 Å². The Bertz CT molecular complexity index is 505. The highest BCUT2D eigenvalue weighted by Gasteiger charge is 2.09. The molecule has 0 aliphatic heterocycles. The van der Waals surface area contributed by atoms with Crippen molar-refractivity contribution in [3.8, 4) is 12.1 Å². The minimum absolute atomic E-state index is 0.119. The fourth-order valence-corrected chi connectivity index (χ4v) is 0.997. The van der Waals surface area contributed by atoms with Crippen molar-refractivity contribution in [2.24, 2.45) is 0 Å². The van der Waals surface area contributed by atoms with Crippen LogP contribution in [-0.4, -0.2) is 0 Å². The molecule has 1 aromatic carbocycles. The number of nitrogens with zero attached hydrogens (tertiary/aromatic N) is 2. The van der Waals surface area contributed by atoms with Crippen LogP contribution in [0.1, 0.15) is 5.56 Å². The largest absolute Gasteiger partial charge is 0.357 e. The second-order valence-corrected chi connectivity index (χ2v) is 2.98. The van der Waals surface area contributed by atoms with Gasteiger partial charge in [-0.15, -0.1) is 0 Å². The summed E-state index contributed by atoms with van der Waals surface area (Å²) in [4.78, 5) is 0. The average molecular weight is 219 g/mol. The van der Waals surface area contributed by atoms with Crippen LogP contribution in [0.3, 0.4) is 0 Å². The summed E-state index contributed by atoms with van der Waals surface area (Å²) >= 11 is 0. The van der Waals surface area contributed by atoms with E-state index in [4.69, 9.17) is 10.5 Å². The van der Waals surface area contributed by atoms with Gasteiger partial charge in [-0.3, -0.25) is 0 Å². The molecule has 0 aliphatic carbocycles. The van der Waals surface area contributed by atoms with Crippen molar-refractivity contribution in [2.75, 3.05) is 5.32 Å². The Morgan fingerprint density at radius 2 is 1.88 bits per heavy atom. The minimum atomic E-state index is -1.04. The van der Waals surface area contributed by atoms with Crippen LogP contribution in [0.4, 0.5) is 14.5 Å². The van der Waals surface area contributed by atoms with Gasteiger partial charge >= 0.3 is 0 Å². The van der Waals surface area contributed by atoms with Gasteiger partial charge in [-0.25, -0.2) is 8.78 Å². The lowest BCUT2D eigenvalue weighted by atomic mass is 10.2. The summed E-state index contributed by atoms with van der Waals surface area (Å²) < 4.78 is 26.4. The van der Waals surface area contributed by atoms with Crippen LogP contribution < -0.4 is 5.32 Å². The Balaban J connectivity index is 3.02. The molecule has 1 aromatic rings. The molecule has 0 spiro atoms. The quantitative estimate of drug-likeness (QED) is 0.778. The third-order valence-electron chi connectivity index (χ3n) is 1.89. The number of hydrogen-bond donors (Lipinski definition) is 1. The van der Waals surface area contributed by atoms with Crippen molar-refractivity contribution >= 4 is 5.69 Å². The third-order valence-corrected chi connectivity index (χ3v) is 1.89. The first-order valence-corrected chi connectivity index (χ1v) is 4.31. The highest BCUT2D eigenvalue weighted by atomic mass is 19.2. The molecule has 0 bridgehead atoms. The molecule has 5 heteroatoms. The smallest absolute Gasteiger partial charge is 0.182 e. The van der Waals surface area contributed by atoms with Gasteiger partial charge in [-0.1, -0.05) is 6.07 Å². The molecule has 16 heavy (non-hydrogen) atoms. The van der Waals surface area contributed by atoms with Crippen molar-refractivity contribution < 1.29 is 8.78 Å². The maximum Gasteiger partial charge on any atom is 0.182 e. The Morgan fingerprint density at radius 3 is 2.44 bits per heavy atom. The molecule has 0 atom stereocenters. The van der Waals surface area contributed by atoms with Crippen LogP contribution in [0, 0.1) is 41.2 Å². The first-order chi connectivity index (χ1) is 7.60. The van der Waals surface area contributed by atoms with E-state index in [0.29, 0.717) is 0 Å². The predicted molar refractivity (Wildman–Crippen MR) is 54.0 cm³/mol. The number of halogens is 2. The Kier molecular flexibility index (Phi) is 3.58. The lowest BCUT2D eigenvalue weighted by Gasteiger charge is -2.04. The van der Waals surface area contributed by atoms with Crippen molar-refractivity contribution in [3.63, 3.8) is 0 Å². The summed E-state index contributed by atoms with van der Waals surface area (Å²) in [6, 6.07) is 5.90. The van der Waals surface area contributed by atoms with Crippen LogP contribution in [0.5, 0.6) is 0 Å². The lowest BCUT2D eigenvalue weighted by Crippen LogP contribution is -1.97. The molecule has 0 fully saturated rings. The number of hydrogen-bond acceptors (Lipinski definition) is 3. The maximum absolute atomic E-state index is 13.3. The lowest BCUT2D eigenvalue weighted by molar-refractivity contribution is 0.506. The van der Waals surface area contributed by atoms with Crippen LogP contribution in [0.2, 0.25) is 0 Å². The van der Waals surface area contributed by atoms with Crippen LogP contribution >= 0.6 is 0 Å². The fraction of sp³-hybridized carbons (Fsp3) is 0.0909. The number of rotatable bonds is 2. The van der Waals surface area contributed by atoms with Gasteiger partial charge in [-0.05, 0) is 18.6 Å². The Hall–Kier alpha value is -2.40. The molecular weight excluding hydrogens is 212 g/mol. The summed E-state index contributed by atoms with van der Waals surface area (Å²) in [5.41, 5.74) is -0.153. The predicted octanol–water partition coefficient (Wildman–Crippen LogP) is 2.62. The normalized spacial score (nSPS) is 8.81. The highest BCUT2D eigenvalue weighted by molar-refractivity contribution is 5.51. The molecule has 1 rings (SSSR count). The Labute approximate surface area is 91.2 Å². The van der Waals surface area contributed by atoms with Crippen LogP contribution in [0.25, 0.3) is 0 Å². The third kappa shape index (κ3) is 2.34. The van der Waals surface area contributed by atoms with E-state index in [0.717, 1.165) is 6.20 Å². The number of anilines is 1. The van der Waals surface area contributed by atoms with E-state index >= 15 is 0 Å². The van der Waals surface area contributed by atoms with Gasteiger partial charge < -0.3 is 5.32 Å². The average Bonchev–Trinajstić information content (AvgIpc) is 2.30. The minimum Gasteiger partial charge on any atom is -0.357 e. The number of nitrogens with one attached hydrogen (secondary N) is 1. The van der Waals surface area contributed by atoms with Crippen molar-refractivity contribution in [2.45, 2.75) is 6.92 Å². The standard InChI is InChI=1S/C11H7F2N3/c1-7-2-3-9(11(13)10(7)12)16-6-8(4-14)5-15/h2-3,6,16H,1H3. The van der Waals surface area contributed by atoms with E-state index in [2.05, 4.69) is 5.32 Å². The number of allylic oxidation sites excluding steroid dienone is 1. The van der Waals surface area contributed by atoms with Crippen molar-refractivity contribution in [3.05, 3.63) is 41.1 Å². The zero-order valence-electron chi connectivity index (χ0n) is 8.38. The van der Waals surface area contributed by atoms with Gasteiger partial charge in [0.2, 0.25) is 0 Å². The highest BCUT2D eigenvalue weighted by Crippen LogP contribution is 2.20. The van der Waals surface area contributed by atoms with Gasteiger partial charge in [0.15, 0.2) is 11.6 Å². The molecule has 0 aliphatic rings. The van der Waals surface area contributed by atoms with E-state index < -0.39 is 11.6 Å². The first kappa shape index (κ1) is 11.7. The maximum atomic E-state index is 13.3.